The van der Waals surface area contributed by atoms with E-state index in [1.54, 1.807) is 0 Å². The summed E-state index contributed by atoms with van der Waals surface area (Å²) in [5.41, 5.74) is -1.00. The molecule has 28 heavy (non-hydrogen) atoms. The maximum atomic E-state index is 14.9. The predicted octanol–water partition coefficient (Wildman–Crippen LogP) is 3.82. The molecular weight excluding hydrogens is 386 g/mol. The quantitative estimate of drug-likeness (QED) is 0.324. The molecule has 0 aromatic heterocycles. The smallest absolute Gasteiger partial charge is 0.282 e. The molecule has 160 valence electrons. The van der Waals surface area contributed by atoms with Gasteiger partial charge in [-0.2, -0.15) is 0 Å². The van der Waals surface area contributed by atoms with Gasteiger partial charge < -0.3 is 4.90 Å². The van der Waals surface area contributed by atoms with Crippen LogP contribution < -0.4 is 0 Å². The molecule has 0 aliphatic carbocycles. The normalized spacial score (nSPS) is 21.0. The highest BCUT2D eigenvalue weighted by molar-refractivity contribution is 6.17. The molecule has 0 saturated carbocycles. The van der Waals surface area contributed by atoms with Gasteiger partial charge in [-0.15, -0.1) is 11.6 Å². The summed E-state index contributed by atoms with van der Waals surface area (Å²) in [5.74, 6) is -1.82. The van der Waals surface area contributed by atoms with Crippen molar-refractivity contribution in [2.24, 2.45) is 10.4 Å². The van der Waals surface area contributed by atoms with Crippen LogP contribution in [0.3, 0.4) is 0 Å². The number of rotatable bonds is 9. The minimum absolute atomic E-state index is 0.0932. The van der Waals surface area contributed by atoms with Crippen LogP contribution in [0.25, 0.3) is 0 Å². The van der Waals surface area contributed by atoms with E-state index in [4.69, 9.17) is 11.6 Å². The van der Waals surface area contributed by atoms with Crippen LogP contribution in [-0.2, 0) is 4.79 Å². The molecule has 2 unspecified atom stereocenters. The number of hydrogen-bond acceptors (Lipinski definition) is 4. The lowest BCUT2D eigenvalue weighted by atomic mass is 9.70. The third-order valence-corrected chi connectivity index (χ3v) is 6.48. The zero-order chi connectivity index (χ0) is 21.7. The Kier molecular flexibility index (Phi) is 8.78. The fourth-order valence-corrected chi connectivity index (χ4v) is 4.30. The van der Waals surface area contributed by atoms with E-state index in [-0.39, 0.29) is 18.1 Å². The van der Waals surface area contributed by atoms with E-state index in [2.05, 4.69) is 23.2 Å². The SMILES string of the molecule is C=N/C(=C(\F)CCCl)C(C)(CC)C(C)(N(C)C)N1CCN(C(=O)C(=C)F)CC1. The largest absolute Gasteiger partial charge is 0.334 e. The Labute approximate surface area is 172 Å². The van der Waals surface area contributed by atoms with E-state index in [0.29, 0.717) is 38.3 Å². The second-order valence-electron chi connectivity index (χ2n) is 7.64. The third-order valence-electron chi connectivity index (χ3n) is 6.29. The van der Waals surface area contributed by atoms with Crippen molar-refractivity contribution < 1.29 is 13.6 Å². The lowest BCUT2D eigenvalue weighted by Gasteiger charge is -2.58. The Bertz CT molecular complexity index is 632. The summed E-state index contributed by atoms with van der Waals surface area (Å²) >= 11 is 5.76. The molecule has 0 aromatic carbocycles. The van der Waals surface area contributed by atoms with Crippen LogP contribution in [0.5, 0.6) is 0 Å². The van der Waals surface area contributed by atoms with E-state index in [9.17, 15) is 13.6 Å². The standard InChI is InChI=1S/C20H33ClF2N4O/c1-8-19(3,17(24-5)16(23)9-10-21)20(4,25(6)7)27-13-11-26(12-14-27)18(28)15(2)22/h2,5,8-14H2,1,3-4,6-7H3/b17-16-. The van der Waals surface area contributed by atoms with Crippen molar-refractivity contribution in [2.75, 3.05) is 46.2 Å². The average Bonchev–Trinajstić information content (AvgIpc) is 2.66. The van der Waals surface area contributed by atoms with E-state index >= 15 is 0 Å². The van der Waals surface area contributed by atoms with Crippen molar-refractivity contribution in [1.29, 1.82) is 0 Å². The first-order valence-electron chi connectivity index (χ1n) is 9.49. The highest BCUT2D eigenvalue weighted by Gasteiger charge is 2.53. The number of amides is 1. The Morgan fingerprint density at radius 2 is 1.75 bits per heavy atom. The molecule has 1 fully saturated rings. The number of aliphatic imine (C=N–C) groups is 1. The van der Waals surface area contributed by atoms with Crippen LogP contribution in [0.2, 0.25) is 0 Å². The summed E-state index contributed by atoms with van der Waals surface area (Å²) in [6.07, 6.45) is 0.710. The molecule has 1 heterocycles. The van der Waals surface area contributed by atoms with Gasteiger partial charge in [0.15, 0.2) is 5.83 Å². The average molecular weight is 419 g/mol. The number of hydrogen-bond donors (Lipinski definition) is 0. The molecule has 8 heteroatoms. The van der Waals surface area contributed by atoms with Crippen LogP contribution in [0, 0.1) is 5.41 Å². The highest BCUT2D eigenvalue weighted by Crippen LogP contribution is 2.48. The van der Waals surface area contributed by atoms with Gasteiger partial charge in [0.05, 0.1) is 11.4 Å². The molecular formula is C20H33ClF2N4O. The molecule has 0 bridgehead atoms. The zero-order valence-corrected chi connectivity index (χ0v) is 18.5. The van der Waals surface area contributed by atoms with Gasteiger partial charge in [-0.05, 0) is 34.2 Å². The van der Waals surface area contributed by atoms with Gasteiger partial charge >= 0.3 is 0 Å². The number of piperazine rings is 1. The molecule has 1 aliphatic heterocycles. The summed E-state index contributed by atoms with van der Waals surface area (Å²) in [4.78, 5) is 21.7. The van der Waals surface area contributed by atoms with Crippen LogP contribution in [-0.4, -0.2) is 79.1 Å². The van der Waals surface area contributed by atoms with Crippen molar-refractivity contribution in [3.8, 4) is 0 Å². The van der Waals surface area contributed by atoms with E-state index in [0.717, 1.165) is 0 Å². The molecule has 2 atom stereocenters. The van der Waals surface area contributed by atoms with Gasteiger partial charge in [-0.25, -0.2) is 8.78 Å². The van der Waals surface area contributed by atoms with Gasteiger partial charge in [0.1, 0.15) is 5.83 Å². The van der Waals surface area contributed by atoms with Gasteiger partial charge in [0.25, 0.3) is 5.91 Å². The number of allylic oxidation sites excluding steroid dienone is 1. The molecule has 0 aromatic rings. The molecule has 0 N–H and O–H groups in total. The third kappa shape index (κ3) is 4.47. The molecule has 1 amide bonds. The minimum atomic E-state index is -0.952. The van der Waals surface area contributed by atoms with Crippen LogP contribution in [0.15, 0.2) is 28.9 Å². The Balaban J connectivity index is 3.32. The molecule has 1 aliphatic rings. The first-order valence-corrected chi connectivity index (χ1v) is 10.0. The Morgan fingerprint density at radius 1 is 1.21 bits per heavy atom. The topological polar surface area (TPSA) is 39.1 Å². The van der Waals surface area contributed by atoms with Gasteiger partial charge in [0, 0.05) is 43.9 Å². The van der Waals surface area contributed by atoms with Crippen LogP contribution >= 0.6 is 11.6 Å². The number of nitrogens with zero attached hydrogens (tertiary/aromatic N) is 4. The lowest BCUT2D eigenvalue weighted by molar-refractivity contribution is -0.139. The first kappa shape index (κ1) is 24.7. The summed E-state index contributed by atoms with van der Waals surface area (Å²) in [6, 6.07) is 0. The number of alkyl halides is 1. The van der Waals surface area contributed by atoms with Gasteiger partial charge in [0.2, 0.25) is 0 Å². The number of carbonyl (C=O) groups is 1. The van der Waals surface area contributed by atoms with Crippen molar-refractivity contribution in [3.05, 3.63) is 23.9 Å². The molecule has 0 spiro atoms. The van der Waals surface area contributed by atoms with Crippen molar-refractivity contribution in [1.82, 2.24) is 14.7 Å². The Hall–Kier alpha value is -1.31. The summed E-state index contributed by atoms with van der Waals surface area (Å²) in [6.45, 7) is 14.5. The summed E-state index contributed by atoms with van der Waals surface area (Å²) < 4.78 is 28.1. The van der Waals surface area contributed by atoms with E-state index in [1.807, 2.05) is 39.8 Å². The molecule has 0 radical (unpaired) electrons. The second-order valence-corrected chi connectivity index (χ2v) is 8.01. The number of carbonyl (C=O) groups excluding carboxylic acids is 1. The van der Waals surface area contributed by atoms with Crippen molar-refractivity contribution >= 4 is 24.2 Å². The monoisotopic (exact) mass is 418 g/mol. The number of halogens is 3. The maximum absolute atomic E-state index is 14.9. The minimum Gasteiger partial charge on any atom is -0.334 e. The fraction of sp³-hybridized carbons (Fsp3) is 0.700. The zero-order valence-electron chi connectivity index (χ0n) is 17.7. The first-order chi connectivity index (χ1) is 13.0. The summed E-state index contributed by atoms with van der Waals surface area (Å²) in [7, 11) is 3.88. The van der Waals surface area contributed by atoms with Crippen molar-refractivity contribution in [3.63, 3.8) is 0 Å². The predicted molar refractivity (Wildman–Crippen MR) is 112 cm³/mol. The Morgan fingerprint density at radius 3 is 2.11 bits per heavy atom. The van der Waals surface area contributed by atoms with Crippen LogP contribution in [0.1, 0.15) is 33.6 Å². The molecule has 5 nitrogen and oxygen atoms in total. The van der Waals surface area contributed by atoms with Crippen LogP contribution in [0.4, 0.5) is 8.78 Å². The van der Waals surface area contributed by atoms with E-state index in [1.165, 1.54) is 4.90 Å². The van der Waals surface area contributed by atoms with E-state index < -0.39 is 22.8 Å². The molecule has 1 rings (SSSR count). The lowest BCUT2D eigenvalue weighted by Crippen LogP contribution is -2.69. The second kappa shape index (κ2) is 9.94. The molecule has 1 saturated heterocycles. The maximum Gasteiger partial charge on any atom is 0.282 e. The van der Waals surface area contributed by atoms with Gasteiger partial charge in [-0.1, -0.05) is 20.4 Å². The highest BCUT2D eigenvalue weighted by atomic mass is 35.5. The summed E-state index contributed by atoms with van der Waals surface area (Å²) in [5, 5.41) is 0. The van der Waals surface area contributed by atoms with Gasteiger partial charge in [-0.3, -0.25) is 19.6 Å². The fourth-order valence-electron chi connectivity index (χ4n) is 4.13. The van der Waals surface area contributed by atoms with Crippen molar-refractivity contribution in [2.45, 2.75) is 39.3 Å².